The maximum atomic E-state index is 3.53. The van der Waals surface area contributed by atoms with E-state index in [1.165, 1.54) is 37.8 Å². The lowest BCUT2D eigenvalue weighted by Gasteiger charge is -2.28. The number of hydrogen-bond acceptors (Lipinski definition) is 2. The van der Waals surface area contributed by atoms with E-state index in [1.54, 1.807) is 0 Å². The van der Waals surface area contributed by atoms with Gasteiger partial charge in [-0.25, -0.2) is 0 Å². The van der Waals surface area contributed by atoms with Crippen molar-refractivity contribution in [2.75, 3.05) is 27.2 Å². The monoisotopic (exact) mass is 260 g/mol. The van der Waals surface area contributed by atoms with Crippen LogP contribution in [0.2, 0.25) is 0 Å². The molecule has 0 saturated heterocycles. The second-order valence-corrected chi connectivity index (χ2v) is 5.94. The van der Waals surface area contributed by atoms with Gasteiger partial charge in [0.15, 0.2) is 0 Å². The van der Waals surface area contributed by atoms with Crippen molar-refractivity contribution in [2.45, 2.75) is 38.1 Å². The Kier molecular flexibility index (Phi) is 5.87. The molecular formula is C17H28N2. The lowest BCUT2D eigenvalue weighted by Crippen LogP contribution is -2.42. The van der Waals surface area contributed by atoms with E-state index in [1.807, 2.05) is 0 Å². The molecule has 0 amide bonds. The van der Waals surface area contributed by atoms with Crippen molar-refractivity contribution >= 4 is 0 Å². The second kappa shape index (κ2) is 7.66. The van der Waals surface area contributed by atoms with Crippen LogP contribution in [0.3, 0.4) is 0 Å². The molecule has 0 radical (unpaired) electrons. The van der Waals surface area contributed by atoms with Gasteiger partial charge in [0.05, 0.1) is 0 Å². The van der Waals surface area contributed by atoms with Crippen molar-refractivity contribution in [2.24, 2.45) is 5.92 Å². The summed E-state index contributed by atoms with van der Waals surface area (Å²) >= 11 is 0. The molecule has 1 saturated carbocycles. The number of likely N-dealkylation sites (N-methyl/N-ethyl adjacent to an activating group) is 2. The molecule has 106 valence electrons. The third-order valence-corrected chi connectivity index (χ3v) is 4.47. The van der Waals surface area contributed by atoms with Gasteiger partial charge in [0.2, 0.25) is 0 Å². The Morgan fingerprint density at radius 1 is 1.21 bits per heavy atom. The number of nitrogens with zero attached hydrogens (tertiary/aromatic N) is 1. The minimum Gasteiger partial charge on any atom is -0.315 e. The Morgan fingerprint density at radius 3 is 2.53 bits per heavy atom. The predicted molar refractivity (Wildman–Crippen MR) is 82.4 cm³/mol. The van der Waals surface area contributed by atoms with Gasteiger partial charge < -0.3 is 10.2 Å². The van der Waals surface area contributed by atoms with Gasteiger partial charge in [0.1, 0.15) is 0 Å². The number of benzene rings is 1. The summed E-state index contributed by atoms with van der Waals surface area (Å²) in [7, 11) is 4.37. The van der Waals surface area contributed by atoms with Crippen LogP contribution in [-0.2, 0) is 6.42 Å². The van der Waals surface area contributed by atoms with E-state index >= 15 is 0 Å². The average Bonchev–Trinajstić information content (AvgIpc) is 2.97. The first-order chi connectivity index (χ1) is 9.29. The number of rotatable bonds is 7. The largest absolute Gasteiger partial charge is 0.315 e. The van der Waals surface area contributed by atoms with Gasteiger partial charge >= 0.3 is 0 Å². The molecule has 1 fully saturated rings. The third kappa shape index (κ3) is 4.63. The average molecular weight is 260 g/mol. The molecule has 0 heterocycles. The molecule has 0 aliphatic heterocycles. The first kappa shape index (κ1) is 14.5. The summed E-state index contributed by atoms with van der Waals surface area (Å²) in [5.41, 5.74) is 1.44. The molecule has 2 rings (SSSR count). The van der Waals surface area contributed by atoms with E-state index in [-0.39, 0.29) is 0 Å². The van der Waals surface area contributed by atoms with Crippen molar-refractivity contribution in [1.82, 2.24) is 10.2 Å². The van der Waals surface area contributed by atoms with Crippen molar-refractivity contribution < 1.29 is 0 Å². The number of nitrogens with one attached hydrogen (secondary N) is 1. The van der Waals surface area contributed by atoms with Crippen molar-refractivity contribution in [3.05, 3.63) is 35.9 Å². The quantitative estimate of drug-likeness (QED) is 0.811. The molecule has 1 unspecified atom stereocenters. The van der Waals surface area contributed by atoms with Crippen molar-refractivity contribution in [1.29, 1.82) is 0 Å². The van der Waals surface area contributed by atoms with Crippen LogP contribution in [-0.4, -0.2) is 38.1 Å². The van der Waals surface area contributed by atoms with Gasteiger partial charge in [0, 0.05) is 19.1 Å². The van der Waals surface area contributed by atoms with Gasteiger partial charge in [-0.2, -0.15) is 0 Å². The van der Waals surface area contributed by atoms with E-state index in [0.29, 0.717) is 6.04 Å². The van der Waals surface area contributed by atoms with Crippen LogP contribution in [0.4, 0.5) is 0 Å². The fraction of sp³-hybridized carbons (Fsp3) is 0.647. The van der Waals surface area contributed by atoms with E-state index in [9.17, 15) is 0 Å². The van der Waals surface area contributed by atoms with Crippen LogP contribution in [0.5, 0.6) is 0 Å². The van der Waals surface area contributed by atoms with Crippen molar-refractivity contribution in [3.8, 4) is 0 Å². The minimum absolute atomic E-state index is 0.670. The highest BCUT2D eigenvalue weighted by molar-refractivity contribution is 5.14. The first-order valence-corrected chi connectivity index (χ1v) is 7.69. The molecule has 1 aliphatic rings. The van der Waals surface area contributed by atoms with Crippen LogP contribution >= 0.6 is 0 Å². The summed E-state index contributed by atoms with van der Waals surface area (Å²) in [6.07, 6.45) is 6.83. The fourth-order valence-corrected chi connectivity index (χ4v) is 3.23. The van der Waals surface area contributed by atoms with Crippen LogP contribution in [0.15, 0.2) is 30.3 Å². The van der Waals surface area contributed by atoms with Gasteiger partial charge in [0.25, 0.3) is 0 Å². The lowest BCUT2D eigenvalue weighted by molar-refractivity contribution is 0.250. The molecule has 0 aromatic heterocycles. The molecule has 1 aromatic rings. The number of hydrogen-bond donors (Lipinski definition) is 1. The Balaban J connectivity index is 1.74. The third-order valence-electron chi connectivity index (χ3n) is 4.47. The Morgan fingerprint density at radius 2 is 1.89 bits per heavy atom. The molecule has 1 aliphatic carbocycles. The highest BCUT2D eigenvalue weighted by atomic mass is 15.1. The summed E-state index contributed by atoms with van der Waals surface area (Å²) in [6, 6.07) is 11.5. The maximum absolute atomic E-state index is 3.53. The van der Waals surface area contributed by atoms with E-state index in [2.05, 4.69) is 54.6 Å². The predicted octanol–water partition coefficient (Wildman–Crippen LogP) is 2.94. The molecule has 1 aromatic carbocycles. The van der Waals surface area contributed by atoms with Crippen molar-refractivity contribution in [3.63, 3.8) is 0 Å². The van der Waals surface area contributed by atoms with Crippen LogP contribution in [0, 0.1) is 5.92 Å². The summed E-state index contributed by atoms with van der Waals surface area (Å²) in [5, 5.41) is 3.53. The Hall–Kier alpha value is -0.860. The normalized spacial score (nSPS) is 18.1. The van der Waals surface area contributed by atoms with Gasteiger partial charge in [-0.05, 0) is 44.8 Å². The molecule has 19 heavy (non-hydrogen) atoms. The summed E-state index contributed by atoms with van der Waals surface area (Å²) < 4.78 is 0. The summed E-state index contributed by atoms with van der Waals surface area (Å²) in [6.45, 7) is 2.32. The highest BCUT2D eigenvalue weighted by Crippen LogP contribution is 2.27. The maximum Gasteiger partial charge on any atom is 0.0220 e. The molecule has 1 atom stereocenters. The molecule has 0 bridgehead atoms. The van der Waals surface area contributed by atoms with Crippen LogP contribution < -0.4 is 5.32 Å². The lowest BCUT2D eigenvalue weighted by atomic mass is 9.98. The molecule has 0 spiro atoms. The Bertz CT molecular complexity index is 344. The molecule has 2 heteroatoms. The van der Waals surface area contributed by atoms with E-state index in [0.717, 1.165) is 18.9 Å². The standard InChI is InChI=1S/C17H28N2/c1-18-17(16-10-6-7-11-16)14-19(2)13-12-15-8-4-3-5-9-15/h3-5,8-9,16-18H,6-7,10-14H2,1-2H3. The highest BCUT2D eigenvalue weighted by Gasteiger charge is 2.24. The summed E-state index contributed by atoms with van der Waals surface area (Å²) in [5.74, 6) is 0.893. The molecule has 2 nitrogen and oxygen atoms in total. The Labute approximate surface area is 118 Å². The molecule has 1 N–H and O–H groups in total. The molecular weight excluding hydrogens is 232 g/mol. The topological polar surface area (TPSA) is 15.3 Å². The first-order valence-electron chi connectivity index (χ1n) is 7.69. The van der Waals surface area contributed by atoms with Crippen LogP contribution in [0.1, 0.15) is 31.2 Å². The zero-order valence-electron chi connectivity index (χ0n) is 12.4. The SMILES string of the molecule is CNC(CN(C)CCc1ccccc1)C1CCCC1. The van der Waals surface area contributed by atoms with Gasteiger partial charge in [-0.1, -0.05) is 43.2 Å². The smallest absolute Gasteiger partial charge is 0.0220 e. The second-order valence-electron chi connectivity index (χ2n) is 5.94. The van der Waals surface area contributed by atoms with E-state index < -0.39 is 0 Å². The summed E-state index contributed by atoms with van der Waals surface area (Å²) in [4.78, 5) is 2.48. The van der Waals surface area contributed by atoms with Crippen LogP contribution in [0.25, 0.3) is 0 Å². The van der Waals surface area contributed by atoms with Gasteiger partial charge in [-0.3, -0.25) is 0 Å². The van der Waals surface area contributed by atoms with Gasteiger partial charge in [-0.15, -0.1) is 0 Å². The minimum atomic E-state index is 0.670. The zero-order valence-corrected chi connectivity index (χ0v) is 12.4. The zero-order chi connectivity index (χ0) is 13.5. The fourth-order valence-electron chi connectivity index (χ4n) is 3.23. The van der Waals surface area contributed by atoms with E-state index in [4.69, 9.17) is 0 Å².